The van der Waals surface area contributed by atoms with Crippen molar-refractivity contribution in [3.63, 3.8) is 0 Å². The number of nitrogens with one attached hydrogen (secondary N) is 3. The molecule has 0 aliphatic carbocycles. The van der Waals surface area contributed by atoms with Crippen LogP contribution in [0.5, 0.6) is 0 Å². The van der Waals surface area contributed by atoms with Crippen LogP contribution in [0.4, 0.5) is 0 Å². The van der Waals surface area contributed by atoms with Crippen molar-refractivity contribution >= 4 is 29.1 Å². The summed E-state index contributed by atoms with van der Waals surface area (Å²) < 4.78 is 0. The standard InChI is InChI=1S/C12H22N4O2S/c1-2-7-13-12(19)15-14-10(17)9-16-8-5-3-4-6-11(16)18/h2-9H2,1H3,(H,14,17)(H2,13,15,19). The zero-order chi connectivity index (χ0) is 14.1. The van der Waals surface area contributed by atoms with Gasteiger partial charge in [-0.2, -0.15) is 0 Å². The fourth-order valence-corrected chi connectivity index (χ4v) is 1.98. The Bertz CT molecular complexity index is 336. The summed E-state index contributed by atoms with van der Waals surface area (Å²) in [4.78, 5) is 25.0. The molecule has 7 heteroatoms. The Balaban J connectivity index is 2.26. The number of hydrogen-bond donors (Lipinski definition) is 3. The molecule has 0 unspecified atom stereocenters. The maximum Gasteiger partial charge on any atom is 0.257 e. The Hall–Kier alpha value is -1.37. The van der Waals surface area contributed by atoms with Crippen molar-refractivity contribution in [2.24, 2.45) is 0 Å². The first-order valence-electron chi connectivity index (χ1n) is 6.74. The third kappa shape index (κ3) is 6.37. The Morgan fingerprint density at radius 2 is 2.11 bits per heavy atom. The van der Waals surface area contributed by atoms with E-state index in [2.05, 4.69) is 16.2 Å². The zero-order valence-electron chi connectivity index (χ0n) is 11.3. The molecule has 1 rings (SSSR count). The van der Waals surface area contributed by atoms with Crippen LogP contribution in [0.15, 0.2) is 0 Å². The molecule has 1 fully saturated rings. The summed E-state index contributed by atoms with van der Waals surface area (Å²) in [6.07, 6.45) is 4.42. The van der Waals surface area contributed by atoms with Gasteiger partial charge in [-0.25, -0.2) is 0 Å². The van der Waals surface area contributed by atoms with Crippen LogP contribution in [0.1, 0.15) is 39.0 Å². The van der Waals surface area contributed by atoms with E-state index in [1.54, 1.807) is 4.90 Å². The Labute approximate surface area is 119 Å². The monoisotopic (exact) mass is 286 g/mol. The fourth-order valence-electron chi connectivity index (χ4n) is 1.83. The van der Waals surface area contributed by atoms with E-state index in [4.69, 9.17) is 12.2 Å². The topological polar surface area (TPSA) is 73.5 Å². The minimum absolute atomic E-state index is 0.0549. The van der Waals surface area contributed by atoms with E-state index in [0.29, 0.717) is 18.1 Å². The Kier molecular flexibility index (Phi) is 7.17. The molecule has 0 aromatic heterocycles. The number of carbonyl (C=O) groups is 2. The summed E-state index contributed by atoms with van der Waals surface area (Å²) in [6.45, 7) is 3.53. The normalized spacial score (nSPS) is 15.6. The van der Waals surface area contributed by atoms with Crippen molar-refractivity contribution in [3.8, 4) is 0 Å². The average Bonchev–Trinajstić information content (AvgIpc) is 2.59. The smallest absolute Gasteiger partial charge is 0.257 e. The van der Waals surface area contributed by atoms with Gasteiger partial charge in [-0.15, -0.1) is 0 Å². The van der Waals surface area contributed by atoms with Crippen molar-refractivity contribution in [3.05, 3.63) is 0 Å². The van der Waals surface area contributed by atoms with Crippen molar-refractivity contribution in [2.45, 2.75) is 39.0 Å². The molecular formula is C12H22N4O2S. The van der Waals surface area contributed by atoms with Gasteiger partial charge in [-0.05, 0) is 31.5 Å². The van der Waals surface area contributed by atoms with Gasteiger partial charge in [0.1, 0.15) is 6.54 Å². The van der Waals surface area contributed by atoms with E-state index in [-0.39, 0.29) is 18.4 Å². The SMILES string of the molecule is CCCNC(=S)NNC(=O)CN1CCCCCC1=O. The molecular weight excluding hydrogens is 264 g/mol. The van der Waals surface area contributed by atoms with Crippen LogP contribution >= 0.6 is 12.2 Å². The van der Waals surface area contributed by atoms with Crippen molar-refractivity contribution < 1.29 is 9.59 Å². The summed E-state index contributed by atoms with van der Waals surface area (Å²) >= 11 is 4.97. The second kappa shape index (κ2) is 8.68. The molecule has 0 aromatic carbocycles. The average molecular weight is 286 g/mol. The predicted octanol–water partition coefficient (Wildman–Crippen LogP) is 0.294. The van der Waals surface area contributed by atoms with E-state index in [0.717, 1.165) is 32.2 Å². The molecule has 2 amide bonds. The third-order valence-corrected chi connectivity index (χ3v) is 3.10. The molecule has 3 N–H and O–H groups in total. The number of rotatable bonds is 4. The number of hydrogen-bond acceptors (Lipinski definition) is 3. The van der Waals surface area contributed by atoms with Crippen LogP contribution < -0.4 is 16.2 Å². The predicted molar refractivity (Wildman–Crippen MR) is 77.2 cm³/mol. The quantitative estimate of drug-likeness (QED) is 0.512. The Morgan fingerprint density at radius 3 is 2.84 bits per heavy atom. The fraction of sp³-hybridized carbons (Fsp3) is 0.750. The molecule has 0 saturated carbocycles. The van der Waals surface area contributed by atoms with Gasteiger partial charge in [0, 0.05) is 19.5 Å². The van der Waals surface area contributed by atoms with Gasteiger partial charge in [0.15, 0.2) is 5.11 Å². The van der Waals surface area contributed by atoms with E-state index in [9.17, 15) is 9.59 Å². The van der Waals surface area contributed by atoms with Gasteiger partial charge in [0.25, 0.3) is 5.91 Å². The molecule has 0 bridgehead atoms. The summed E-state index contributed by atoms with van der Waals surface area (Å²) in [7, 11) is 0. The van der Waals surface area contributed by atoms with Crippen LogP contribution in [0.2, 0.25) is 0 Å². The third-order valence-electron chi connectivity index (χ3n) is 2.86. The first-order valence-corrected chi connectivity index (χ1v) is 7.14. The highest BCUT2D eigenvalue weighted by Crippen LogP contribution is 2.10. The lowest BCUT2D eigenvalue weighted by molar-refractivity contribution is -0.135. The van der Waals surface area contributed by atoms with Crippen LogP contribution in [0.3, 0.4) is 0 Å². The molecule has 0 atom stereocenters. The number of amides is 2. The van der Waals surface area contributed by atoms with E-state index < -0.39 is 0 Å². The highest BCUT2D eigenvalue weighted by atomic mass is 32.1. The van der Waals surface area contributed by atoms with Gasteiger partial charge in [-0.3, -0.25) is 20.4 Å². The maximum absolute atomic E-state index is 11.7. The van der Waals surface area contributed by atoms with Crippen LogP contribution in [0.25, 0.3) is 0 Å². The Morgan fingerprint density at radius 1 is 1.32 bits per heavy atom. The first-order chi connectivity index (χ1) is 9.13. The number of likely N-dealkylation sites (tertiary alicyclic amines) is 1. The summed E-state index contributed by atoms with van der Waals surface area (Å²) in [5, 5.41) is 3.32. The highest BCUT2D eigenvalue weighted by molar-refractivity contribution is 7.80. The van der Waals surface area contributed by atoms with Crippen molar-refractivity contribution in [2.75, 3.05) is 19.6 Å². The van der Waals surface area contributed by atoms with Gasteiger partial charge >= 0.3 is 0 Å². The summed E-state index contributed by atoms with van der Waals surface area (Å²) in [5.74, 6) is -0.199. The van der Waals surface area contributed by atoms with E-state index in [1.807, 2.05) is 6.92 Å². The second-order valence-electron chi connectivity index (χ2n) is 4.56. The lowest BCUT2D eigenvalue weighted by Gasteiger charge is -2.20. The molecule has 1 heterocycles. The largest absolute Gasteiger partial charge is 0.361 e. The van der Waals surface area contributed by atoms with Crippen molar-refractivity contribution in [1.82, 2.24) is 21.1 Å². The molecule has 1 aliphatic heterocycles. The molecule has 1 aliphatic rings. The van der Waals surface area contributed by atoms with Gasteiger partial charge in [-0.1, -0.05) is 13.3 Å². The van der Waals surface area contributed by atoms with Gasteiger partial charge in [0.2, 0.25) is 5.91 Å². The van der Waals surface area contributed by atoms with Crippen LogP contribution in [0, 0.1) is 0 Å². The number of hydrazine groups is 1. The first kappa shape index (κ1) is 15.7. The van der Waals surface area contributed by atoms with E-state index >= 15 is 0 Å². The lowest BCUT2D eigenvalue weighted by Crippen LogP contribution is -2.50. The molecule has 108 valence electrons. The molecule has 1 saturated heterocycles. The number of nitrogens with zero attached hydrogens (tertiary/aromatic N) is 1. The highest BCUT2D eigenvalue weighted by Gasteiger charge is 2.18. The number of carbonyl (C=O) groups excluding carboxylic acids is 2. The van der Waals surface area contributed by atoms with E-state index in [1.165, 1.54) is 0 Å². The molecule has 6 nitrogen and oxygen atoms in total. The van der Waals surface area contributed by atoms with Crippen LogP contribution in [-0.2, 0) is 9.59 Å². The number of thiocarbonyl (C=S) groups is 1. The molecule has 0 spiro atoms. The van der Waals surface area contributed by atoms with Crippen LogP contribution in [-0.4, -0.2) is 41.5 Å². The minimum Gasteiger partial charge on any atom is -0.361 e. The molecule has 0 aromatic rings. The minimum atomic E-state index is -0.254. The van der Waals surface area contributed by atoms with Crippen molar-refractivity contribution in [1.29, 1.82) is 0 Å². The molecule has 19 heavy (non-hydrogen) atoms. The zero-order valence-corrected chi connectivity index (χ0v) is 12.1. The second-order valence-corrected chi connectivity index (χ2v) is 4.96. The van der Waals surface area contributed by atoms with Gasteiger partial charge < -0.3 is 10.2 Å². The lowest BCUT2D eigenvalue weighted by atomic mass is 10.2. The maximum atomic E-state index is 11.7. The molecule has 0 radical (unpaired) electrons. The van der Waals surface area contributed by atoms with Gasteiger partial charge in [0.05, 0.1) is 0 Å². The summed E-state index contributed by atoms with van der Waals surface area (Å²) in [5.41, 5.74) is 5.11. The summed E-state index contributed by atoms with van der Waals surface area (Å²) in [6, 6.07) is 0.